The van der Waals surface area contributed by atoms with Crippen LogP contribution in [0.4, 0.5) is 0 Å². The zero-order chi connectivity index (χ0) is 18.0. The second-order valence-corrected chi connectivity index (χ2v) is 8.50. The third kappa shape index (κ3) is 4.38. The zero-order valence-electron chi connectivity index (χ0n) is 12.5. The Labute approximate surface area is 170 Å². The molecule has 0 aliphatic carbocycles. The number of carbonyl (C=O) groups excluding carboxylic acids is 1. The molecule has 2 aromatic rings. The lowest BCUT2D eigenvalue weighted by atomic mass is 10.2. The molecule has 25 heavy (non-hydrogen) atoms. The first-order chi connectivity index (χ1) is 11.9. The third-order valence-corrected chi connectivity index (χ3v) is 5.49. The number of hydrogen-bond donors (Lipinski definition) is 1. The van der Waals surface area contributed by atoms with Gasteiger partial charge >= 0.3 is 0 Å². The van der Waals surface area contributed by atoms with E-state index < -0.39 is 0 Å². The fourth-order valence-corrected chi connectivity index (χ4v) is 4.02. The number of hydrazone groups is 1. The lowest BCUT2D eigenvalue weighted by Crippen LogP contribution is -2.22. The van der Waals surface area contributed by atoms with Gasteiger partial charge in [-0.25, -0.2) is 0 Å². The van der Waals surface area contributed by atoms with Crippen molar-refractivity contribution in [2.45, 2.75) is 0 Å². The van der Waals surface area contributed by atoms with E-state index in [1.165, 1.54) is 18.0 Å². The molecule has 0 spiro atoms. The van der Waals surface area contributed by atoms with Gasteiger partial charge in [-0.3, -0.25) is 4.79 Å². The average Bonchev–Trinajstić information content (AvgIpc) is 2.82. The molecule has 3 rings (SSSR count). The Hall–Kier alpha value is -1.48. The largest absolute Gasteiger partial charge is 0.507 e. The summed E-state index contributed by atoms with van der Waals surface area (Å²) in [6.07, 6.45) is 3.18. The molecule has 1 aliphatic rings. The minimum absolute atomic E-state index is 0.0714. The summed E-state index contributed by atoms with van der Waals surface area (Å²) in [6, 6.07) is 12.6. The normalized spacial score (nSPS) is 16.4. The number of hydrogen-bond acceptors (Lipinski definition) is 5. The lowest BCUT2D eigenvalue weighted by Gasteiger charge is -2.06. The molecule has 2 aromatic carbocycles. The highest BCUT2D eigenvalue weighted by molar-refractivity contribution is 9.10. The van der Waals surface area contributed by atoms with Gasteiger partial charge in [0.1, 0.15) is 5.75 Å². The van der Waals surface area contributed by atoms with Gasteiger partial charge in [0.25, 0.3) is 5.91 Å². The van der Waals surface area contributed by atoms with E-state index in [1.807, 2.05) is 24.3 Å². The van der Waals surface area contributed by atoms with Crippen LogP contribution in [-0.4, -0.2) is 26.6 Å². The fourth-order valence-electron chi connectivity index (χ4n) is 2.06. The molecule has 0 radical (unpaired) electrons. The van der Waals surface area contributed by atoms with Crippen LogP contribution in [0.5, 0.6) is 5.75 Å². The molecule has 1 aliphatic heterocycles. The fraction of sp³-hybridized carbons (Fsp3) is 0. The summed E-state index contributed by atoms with van der Waals surface area (Å²) in [4.78, 5) is 13.0. The van der Waals surface area contributed by atoms with Crippen LogP contribution < -0.4 is 0 Å². The lowest BCUT2D eigenvalue weighted by molar-refractivity contribution is -0.122. The van der Waals surface area contributed by atoms with Gasteiger partial charge in [0.05, 0.1) is 11.1 Å². The molecule has 4 nitrogen and oxygen atoms in total. The predicted molar refractivity (Wildman–Crippen MR) is 113 cm³/mol. The number of phenols is 1. The van der Waals surface area contributed by atoms with E-state index in [2.05, 4.69) is 37.0 Å². The highest BCUT2D eigenvalue weighted by atomic mass is 79.9. The number of carbonyl (C=O) groups is 1. The van der Waals surface area contributed by atoms with Crippen LogP contribution in [0.15, 0.2) is 61.4 Å². The number of nitrogens with zero attached hydrogens (tertiary/aromatic N) is 2. The Bertz CT molecular complexity index is 929. The molecular weight excluding hydrogens is 488 g/mol. The SMILES string of the molecule is O=C1C(=Cc2cccc(Br)c2)SC(=S)N1N=Cc1cc(Br)ccc1O. The summed E-state index contributed by atoms with van der Waals surface area (Å²) in [5, 5.41) is 15.1. The van der Waals surface area contributed by atoms with E-state index in [1.54, 1.807) is 24.3 Å². The molecule has 1 saturated heterocycles. The predicted octanol–water partition coefficient (Wildman–Crippen LogP) is 5.15. The highest BCUT2D eigenvalue weighted by Crippen LogP contribution is 2.33. The number of thiocarbonyl (C=S) groups is 1. The molecular formula is C17H10Br2N2O2S2. The number of benzene rings is 2. The van der Waals surface area contributed by atoms with Crippen molar-refractivity contribution in [3.05, 3.63) is 67.4 Å². The van der Waals surface area contributed by atoms with Crippen molar-refractivity contribution >= 4 is 78.4 Å². The number of halogens is 2. The first-order valence-electron chi connectivity index (χ1n) is 7.00. The number of phenolic OH excluding ortho intramolecular Hbond substituents is 1. The van der Waals surface area contributed by atoms with Gasteiger partial charge in [-0.05, 0) is 54.2 Å². The Morgan fingerprint density at radius 2 is 1.92 bits per heavy atom. The summed E-state index contributed by atoms with van der Waals surface area (Å²) in [6.45, 7) is 0. The maximum absolute atomic E-state index is 12.5. The first kappa shape index (κ1) is 18.3. The molecule has 1 fully saturated rings. The minimum atomic E-state index is -0.291. The summed E-state index contributed by atoms with van der Waals surface area (Å²) >= 11 is 13.2. The van der Waals surface area contributed by atoms with Crippen molar-refractivity contribution in [1.82, 2.24) is 5.01 Å². The smallest absolute Gasteiger partial charge is 0.286 e. The summed E-state index contributed by atoms with van der Waals surface area (Å²) in [5.74, 6) is -0.220. The monoisotopic (exact) mass is 496 g/mol. The van der Waals surface area contributed by atoms with E-state index in [9.17, 15) is 9.90 Å². The Balaban J connectivity index is 1.84. The van der Waals surface area contributed by atoms with Gasteiger partial charge in [0.15, 0.2) is 4.32 Å². The maximum Gasteiger partial charge on any atom is 0.286 e. The van der Waals surface area contributed by atoms with Gasteiger partial charge in [-0.15, -0.1) is 0 Å². The Kier molecular flexibility index (Phi) is 5.73. The number of aromatic hydroxyl groups is 1. The van der Waals surface area contributed by atoms with Gasteiger partial charge < -0.3 is 5.11 Å². The van der Waals surface area contributed by atoms with Crippen molar-refractivity contribution in [2.75, 3.05) is 0 Å². The second kappa shape index (κ2) is 7.82. The van der Waals surface area contributed by atoms with Gasteiger partial charge in [0.2, 0.25) is 0 Å². The van der Waals surface area contributed by atoms with Crippen molar-refractivity contribution in [3.8, 4) is 5.75 Å². The van der Waals surface area contributed by atoms with Gasteiger partial charge in [-0.1, -0.05) is 55.8 Å². The molecule has 126 valence electrons. The summed E-state index contributed by atoms with van der Waals surface area (Å²) < 4.78 is 2.07. The topological polar surface area (TPSA) is 52.9 Å². The van der Waals surface area contributed by atoms with E-state index in [4.69, 9.17) is 12.2 Å². The average molecular weight is 498 g/mol. The molecule has 0 unspecified atom stereocenters. The molecule has 1 heterocycles. The highest BCUT2D eigenvalue weighted by Gasteiger charge is 2.32. The van der Waals surface area contributed by atoms with Crippen LogP contribution in [0.2, 0.25) is 0 Å². The summed E-state index contributed by atoms with van der Waals surface area (Å²) in [5.41, 5.74) is 1.38. The molecule has 8 heteroatoms. The van der Waals surface area contributed by atoms with Crippen LogP contribution in [0, 0.1) is 0 Å². The zero-order valence-corrected chi connectivity index (χ0v) is 17.3. The van der Waals surface area contributed by atoms with E-state index in [-0.39, 0.29) is 11.7 Å². The minimum Gasteiger partial charge on any atom is -0.507 e. The van der Waals surface area contributed by atoms with Crippen molar-refractivity contribution in [3.63, 3.8) is 0 Å². The first-order valence-corrected chi connectivity index (χ1v) is 9.81. The van der Waals surface area contributed by atoms with Crippen molar-refractivity contribution in [2.24, 2.45) is 5.10 Å². The van der Waals surface area contributed by atoms with E-state index in [0.717, 1.165) is 19.5 Å². The van der Waals surface area contributed by atoms with Gasteiger partial charge in [0, 0.05) is 14.5 Å². The number of rotatable bonds is 3. The van der Waals surface area contributed by atoms with Crippen LogP contribution in [-0.2, 0) is 4.79 Å². The number of thioether (sulfide) groups is 1. The van der Waals surface area contributed by atoms with Crippen LogP contribution in [0.3, 0.4) is 0 Å². The quantitative estimate of drug-likeness (QED) is 0.362. The Morgan fingerprint density at radius 3 is 2.68 bits per heavy atom. The summed E-state index contributed by atoms with van der Waals surface area (Å²) in [7, 11) is 0. The molecule has 1 N–H and O–H groups in total. The Morgan fingerprint density at radius 1 is 1.16 bits per heavy atom. The second-order valence-electron chi connectivity index (χ2n) is 5.00. The number of amides is 1. The van der Waals surface area contributed by atoms with Crippen molar-refractivity contribution in [1.29, 1.82) is 0 Å². The molecule has 1 amide bonds. The van der Waals surface area contributed by atoms with Crippen LogP contribution >= 0.6 is 55.8 Å². The van der Waals surface area contributed by atoms with Crippen LogP contribution in [0.25, 0.3) is 6.08 Å². The van der Waals surface area contributed by atoms with E-state index in [0.29, 0.717) is 14.8 Å². The maximum atomic E-state index is 12.5. The van der Waals surface area contributed by atoms with Gasteiger partial charge in [-0.2, -0.15) is 10.1 Å². The standard InChI is InChI=1S/C17H10Br2N2O2S2/c18-12-3-1-2-10(6-12)7-15-16(23)21(17(24)25-15)20-9-11-8-13(19)4-5-14(11)22/h1-9,22H. The third-order valence-electron chi connectivity index (χ3n) is 3.22. The molecule has 0 aromatic heterocycles. The molecule has 0 saturated carbocycles. The van der Waals surface area contributed by atoms with Crippen molar-refractivity contribution < 1.29 is 9.90 Å². The van der Waals surface area contributed by atoms with E-state index >= 15 is 0 Å². The molecule has 0 atom stereocenters. The molecule has 0 bridgehead atoms. The van der Waals surface area contributed by atoms with Crippen LogP contribution in [0.1, 0.15) is 11.1 Å².